The van der Waals surface area contributed by atoms with Gasteiger partial charge in [-0.2, -0.15) is 0 Å². The van der Waals surface area contributed by atoms with E-state index in [4.69, 9.17) is 5.11 Å². The Kier molecular flexibility index (Phi) is 5.33. The molecule has 1 aliphatic carbocycles. The third kappa shape index (κ3) is 3.16. The quantitative estimate of drug-likeness (QED) is 0.765. The summed E-state index contributed by atoms with van der Waals surface area (Å²) < 4.78 is 0. The molecule has 3 nitrogen and oxygen atoms in total. The maximum absolute atomic E-state index is 10.9. The van der Waals surface area contributed by atoms with Crippen molar-refractivity contribution in [2.75, 3.05) is 14.1 Å². The second kappa shape index (κ2) is 5.45. The van der Waals surface area contributed by atoms with Crippen LogP contribution >= 0.6 is 12.4 Å². The number of carboxylic acids is 1. The molecule has 0 saturated heterocycles. The Morgan fingerprint density at radius 3 is 2.15 bits per heavy atom. The Morgan fingerprint density at radius 2 is 1.85 bits per heavy atom. The van der Waals surface area contributed by atoms with E-state index < -0.39 is 5.97 Å². The van der Waals surface area contributed by atoms with Gasteiger partial charge in [-0.05, 0) is 32.9 Å². The third-order valence-corrected chi connectivity index (χ3v) is 2.66. The van der Waals surface area contributed by atoms with Gasteiger partial charge in [0.25, 0.3) is 0 Å². The minimum Gasteiger partial charge on any atom is -0.480 e. The molecule has 1 N–H and O–H groups in total. The van der Waals surface area contributed by atoms with Crippen LogP contribution in [0.4, 0.5) is 0 Å². The largest absolute Gasteiger partial charge is 0.480 e. The van der Waals surface area contributed by atoms with E-state index in [-0.39, 0.29) is 18.4 Å². The van der Waals surface area contributed by atoms with Crippen molar-refractivity contribution in [1.29, 1.82) is 0 Å². The minimum absolute atomic E-state index is 0. The zero-order valence-electron chi connectivity index (χ0n) is 8.19. The van der Waals surface area contributed by atoms with Gasteiger partial charge in [0.2, 0.25) is 0 Å². The molecule has 0 bridgehead atoms. The summed E-state index contributed by atoms with van der Waals surface area (Å²) >= 11 is 0. The van der Waals surface area contributed by atoms with Gasteiger partial charge in [-0.15, -0.1) is 12.4 Å². The smallest absolute Gasteiger partial charge is 0.321 e. The SMILES string of the molecule is CN(C)C(C(=O)O)C1CCCC1.Cl. The first kappa shape index (κ1) is 12.7. The second-order valence-electron chi connectivity index (χ2n) is 3.79. The van der Waals surface area contributed by atoms with Gasteiger partial charge in [0, 0.05) is 0 Å². The standard InChI is InChI=1S/C9H17NO2.ClH/c1-10(2)8(9(11)12)7-5-3-4-6-7;/h7-8H,3-6H2,1-2H3,(H,11,12);1H. The van der Waals surface area contributed by atoms with Gasteiger partial charge in [0.15, 0.2) is 0 Å². The van der Waals surface area contributed by atoms with Crippen molar-refractivity contribution in [3.05, 3.63) is 0 Å². The van der Waals surface area contributed by atoms with Crippen LogP contribution in [0, 0.1) is 5.92 Å². The number of hydrogen-bond donors (Lipinski definition) is 1. The summed E-state index contributed by atoms with van der Waals surface area (Å²) in [6.45, 7) is 0. The Morgan fingerprint density at radius 1 is 1.38 bits per heavy atom. The summed E-state index contributed by atoms with van der Waals surface area (Å²) in [5.41, 5.74) is 0. The lowest BCUT2D eigenvalue weighted by Gasteiger charge is -2.25. The van der Waals surface area contributed by atoms with E-state index in [1.165, 1.54) is 12.8 Å². The van der Waals surface area contributed by atoms with Crippen LogP contribution in [0.2, 0.25) is 0 Å². The van der Waals surface area contributed by atoms with E-state index in [2.05, 4.69) is 0 Å². The van der Waals surface area contributed by atoms with E-state index >= 15 is 0 Å². The molecule has 1 unspecified atom stereocenters. The molecular formula is C9H18ClNO2. The Balaban J connectivity index is 0.00000144. The van der Waals surface area contributed by atoms with Crippen LogP contribution in [0.3, 0.4) is 0 Å². The lowest BCUT2D eigenvalue weighted by atomic mass is 9.97. The molecular weight excluding hydrogens is 190 g/mol. The molecule has 0 aromatic carbocycles. The minimum atomic E-state index is -0.674. The average Bonchev–Trinajstić information content (AvgIpc) is 2.37. The van der Waals surface area contributed by atoms with E-state index in [0.717, 1.165) is 12.8 Å². The summed E-state index contributed by atoms with van der Waals surface area (Å²) in [7, 11) is 3.69. The Bertz CT molecular complexity index is 167. The van der Waals surface area contributed by atoms with Gasteiger partial charge in [-0.1, -0.05) is 12.8 Å². The molecule has 1 rings (SSSR count). The maximum Gasteiger partial charge on any atom is 0.321 e. The van der Waals surface area contributed by atoms with Crippen molar-refractivity contribution >= 4 is 18.4 Å². The number of hydrogen-bond acceptors (Lipinski definition) is 2. The Hall–Kier alpha value is -0.280. The second-order valence-corrected chi connectivity index (χ2v) is 3.79. The van der Waals surface area contributed by atoms with Crippen LogP contribution in [0.5, 0.6) is 0 Å². The molecule has 13 heavy (non-hydrogen) atoms. The molecule has 0 spiro atoms. The zero-order valence-corrected chi connectivity index (χ0v) is 9.01. The number of nitrogens with zero attached hydrogens (tertiary/aromatic N) is 1. The fraction of sp³-hybridized carbons (Fsp3) is 0.889. The van der Waals surface area contributed by atoms with Crippen molar-refractivity contribution in [2.45, 2.75) is 31.7 Å². The van der Waals surface area contributed by atoms with Crippen molar-refractivity contribution in [3.8, 4) is 0 Å². The number of halogens is 1. The van der Waals surface area contributed by atoms with E-state index in [1.54, 1.807) is 0 Å². The summed E-state index contributed by atoms with van der Waals surface area (Å²) in [6, 6.07) is -0.271. The van der Waals surface area contributed by atoms with Gasteiger partial charge in [-0.25, -0.2) is 0 Å². The van der Waals surface area contributed by atoms with Crippen LogP contribution in [0.15, 0.2) is 0 Å². The number of carbonyl (C=O) groups is 1. The first-order valence-electron chi connectivity index (χ1n) is 4.52. The summed E-state index contributed by atoms with van der Waals surface area (Å²) in [6.07, 6.45) is 4.55. The molecule has 0 heterocycles. The van der Waals surface area contributed by atoms with E-state index in [9.17, 15) is 4.79 Å². The highest BCUT2D eigenvalue weighted by Gasteiger charge is 2.31. The molecule has 0 aromatic rings. The highest BCUT2D eigenvalue weighted by molar-refractivity contribution is 5.85. The highest BCUT2D eigenvalue weighted by atomic mass is 35.5. The van der Waals surface area contributed by atoms with Gasteiger partial charge >= 0.3 is 5.97 Å². The van der Waals surface area contributed by atoms with Crippen molar-refractivity contribution in [2.24, 2.45) is 5.92 Å². The van der Waals surface area contributed by atoms with E-state index in [1.807, 2.05) is 19.0 Å². The van der Waals surface area contributed by atoms with Gasteiger partial charge < -0.3 is 5.11 Å². The van der Waals surface area contributed by atoms with Crippen LogP contribution in [0.1, 0.15) is 25.7 Å². The zero-order chi connectivity index (χ0) is 9.14. The van der Waals surface area contributed by atoms with Gasteiger partial charge in [-0.3, -0.25) is 9.69 Å². The summed E-state index contributed by atoms with van der Waals surface area (Å²) in [5, 5.41) is 8.96. The van der Waals surface area contributed by atoms with Crippen LogP contribution in [0.25, 0.3) is 0 Å². The average molecular weight is 208 g/mol. The monoisotopic (exact) mass is 207 g/mol. The van der Waals surface area contributed by atoms with Crippen molar-refractivity contribution in [1.82, 2.24) is 4.90 Å². The molecule has 1 aliphatic rings. The highest BCUT2D eigenvalue weighted by Crippen LogP contribution is 2.29. The predicted octanol–water partition coefficient (Wildman–Crippen LogP) is 1.61. The van der Waals surface area contributed by atoms with Gasteiger partial charge in [0.05, 0.1) is 0 Å². The Labute approximate surface area is 85.5 Å². The molecule has 0 aromatic heterocycles. The number of rotatable bonds is 3. The van der Waals surface area contributed by atoms with Crippen molar-refractivity contribution in [3.63, 3.8) is 0 Å². The van der Waals surface area contributed by atoms with Crippen LogP contribution < -0.4 is 0 Å². The van der Waals surface area contributed by atoms with E-state index in [0.29, 0.717) is 5.92 Å². The molecule has 1 atom stereocenters. The van der Waals surface area contributed by atoms with Crippen LogP contribution in [-0.4, -0.2) is 36.1 Å². The summed E-state index contributed by atoms with van der Waals surface area (Å²) in [4.78, 5) is 12.7. The van der Waals surface area contributed by atoms with Gasteiger partial charge in [0.1, 0.15) is 6.04 Å². The lowest BCUT2D eigenvalue weighted by Crippen LogP contribution is -2.40. The molecule has 4 heteroatoms. The number of likely N-dealkylation sites (N-methyl/N-ethyl adjacent to an activating group) is 1. The molecule has 78 valence electrons. The lowest BCUT2D eigenvalue weighted by molar-refractivity contribution is -0.144. The molecule has 1 saturated carbocycles. The topological polar surface area (TPSA) is 40.5 Å². The molecule has 1 fully saturated rings. The first-order valence-corrected chi connectivity index (χ1v) is 4.52. The third-order valence-electron chi connectivity index (χ3n) is 2.66. The fourth-order valence-corrected chi connectivity index (χ4v) is 2.12. The first-order chi connectivity index (χ1) is 5.63. The summed E-state index contributed by atoms with van der Waals surface area (Å²) in [5.74, 6) is -0.301. The van der Waals surface area contributed by atoms with Crippen LogP contribution in [-0.2, 0) is 4.79 Å². The number of aliphatic carboxylic acids is 1. The fourth-order valence-electron chi connectivity index (χ4n) is 2.12. The molecule has 0 amide bonds. The van der Waals surface area contributed by atoms with Crippen molar-refractivity contribution < 1.29 is 9.90 Å². The molecule has 0 radical (unpaired) electrons. The predicted molar refractivity (Wildman–Crippen MR) is 54.3 cm³/mol. The maximum atomic E-state index is 10.9. The molecule has 0 aliphatic heterocycles. The number of carboxylic acid groups (broad SMARTS) is 1. The normalized spacial score (nSPS) is 19.9.